The minimum absolute atomic E-state index is 0.357. The van der Waals surface area contributed by atoms with E-state index in [2.05, 4.69) is 32.9 Å². The Labute approximate surface area is 155 Å². The van der Waals surface area contributed by atoms with E-state index in [0.29, 0.717) is 11.4 Å². The van der Waals surface area contributed by atoms with Gasteiger partial charge in [0.25, 0.3) is 5.91 Å². The molecule has 0 radical (unpaired) electrons. The zero-order valence-electron chi connectivity index (χ0n) is 12.6. The van der Waals surface area contributed by atoms with Gasteiger partial charge in [-0.25, -0.2) is 14.1 Å². The van der Waals surface area contributed by atoms with E-state index in [1.807, 2.05) is 0 Å². The number of hydrogen-bond donors (Lipinski definition) is 1. The molecular formula is C17H11FIN3O3. The van der Waals surface area contributed by atoms with Crippen LogP contribution in [0.1, 0.15) is 0 Å². The molecule has 1 fully saturated rings. The zero-order chi connectivity index (χ0) is 18.0. The van der Waals surface area contributed by atoms with Crippen LogP contribution < -0.4 is 10.2 Å². The molecule has 0 bridgehead atoms. The Morgan fingerprint density at radius 3 is 2.32 bits per heavy atom. The number of amides is 4. The third-order valence-corrected chi connectivity index (χ3v) is 4.21. The molecule has 2 aromatic carbocycles. The summed E-state index contributed by atoms with van der Waals surface area (Å²) in [6, 6.07) is 11.2. The largest absolute Gasteiger partial charge is 0.335 e. The van der Waals surface area contributed by atoms with E-state index in [0.717, 1.165) is 14.7 Å². The first-order valence-electron chi connectivity index (χ1n) is 7.20. The van der Waals surface area contributed by atoms with Crippen LogP contribution >= 0.6 is 22.6 Å². The molecule has 4 amide bonds. The number of halogens is 2. The normalized spacial score (nSPS) is 17.9. The highest BCUT2D eigenvalue weighted by Gasteiger charge is 2.40. The van der Waals surface area contributed by atoms with Crippen molar-refractivity contribution in [3.05, 3.63) is 57.9 Å². The smallest absolute Gasteiger partial charge is 0.276 e. The minimum atomic E-state index is -1.25. The Kier molecular flexibility index (Phi) is 4.88. The Bertz CT molecular complexity index is 866. The zero-order valence-corrected chi connectivity index (χ0v) is 14.8. The summed E-state index contributed by atoms with van der Waals surface area (Å²) in [4.78, 5) is 41.6. The van der Waals surface area contributed by atoms with Crippen molar-refractivity contribution in [2.75, 3.05) is 4.90 Å². The maximum Gasteiger partial charge on any atom is 0.335 e. The van der Waals surface area contributed by atoms with Crippen LogP contribution in [0.4, 0.5) is 20.6 Å². The average molecular weight is 451 g/mol. The van der Waals surface area contributed by atoms with Crippen molar-refractivity contribution in [2.45, 2.75) is 0 Å². The predicted molar refractivity (Wildman–Crippen MR) is 98.2 cm³/mol. The number of imide groups is 2. The predicted octanol–water partition coefficient (Wildman–Crippen LogP) is 3.03. The molecule has 25 heavy (non-hydrogen) atoms. The third kappa shape index (κ3) is 3.73. The van der Waals surface area contributed by atoms with Crippen LogP contribution in [0.5, 0.6) is 0 Å². The lowest BCUT2D eigenvalue weighted by Crippen LogP contribution is -2.58. The summed E-state index contributed by atoms with van der Waals surface area (Å²) in [5, 5.41) is 2.14. The number of urea groups is 1. The molecule has 0 unspecified atom stereocenters. The second kappa shape index (κ2) is 7.09. The molecule has 1 aliphatic rings. The Hall–Kier alpha value is -2.62. The Balaban J connectivity index is 1.87. The molecule has 1 atom stereocenters. The van der Waals surface area contributed by atoms with Gasteiger partial charge in [-0.1, -0.05) is 0 Å². The fourth-order valence-electron chi connectivity index (χ4n) is 2.24. The van der Waals surface area contributed by atoms with Crippen LogP contribution in [0.2, 0.25) is 0 Å². The van der Waals surface area contributed by atoms with Crippen molar-refractivity contribution in [1.29, 1.82) is 0 Å². The highest BCUT2D eigenvalue weighted by Crippen LogP contribution is 2.22. The van der Waals surface area contributed by atoms with Gasteiger partial charge in [-0.05, 0) is 71.1 Å². The first-order chi connectivity index (χ1) is 12.0. The monoisotopic (exact) mass is 451 g/mol. The van der Waals surface area contributed by atoms with E-state index in [9.17, 15) is 18.8 Å². The molecule has 1 saturated heterocycles. The quantitative estimate of drug-likeness (QED) is 0.443. The maximum absolute atomic E-state index is 12.9. The van der Waals surface area contributed by atoms with Crippen LogP contribution in [0.15, 0.2) is 53.5 Å². The SMILES string of the molecule is O=C1NC(=O)N(c2ccc(I)cc2)C(=O)[C@H]1C=Nc1ccc(F)cc1. The molecule has 1 aliphatic heterocycles. The number of anilines is 1. The highest BCUT2D eigenvalue weighted by molar-refractivity contribution is 14.1. The molecule has 6 nitrogen and oxygen atoms in total. The molecule has 0 aliphatic carbocycles. The van der Waals surface area contributed by atoms with Gasteiger partial charge in [-0.2, -0.15) is 0 Å². The Morgan fingerprint density at radius 1 is 1.04 bits per heavy atom. The van der Waals surface area contributed by atoms with Gasteiger partial charge in [-0.3, -0.25) is 19.9 Å². The van der Waals surface area contributed by atoms with Gasteiger partial charge in [0.2, 0.25) is 5.91 Å². The average Bonchev–Trinajstić information content (AvgIpc) is 2.57. The summed E-state index contributed by atoms with van der Waals surface area (Å²) in [5.74, 6) is -3.11. The third-order valence-electron chi connectivity index (χ3n) is 3.49. The topological polar surface area (TPSA) is 78.8 Å². The van der Waals surface area contributed by atoms with E-state index in [1.165, 1.54) is 24.3 Å². The second-order valence-electron chi connectivity index (χ2n) is 5.18. The van der Waals surface area contributed by atoms with Gasteiger partial charge in [0, 0.05) is 9.78 Å². The molecule has 3 rings (SSSR count). The number of nitrogens with zero attached hydrogens (tertiary/aromatic N) is 2. The first kappa shape index (κ1) is 17.2. The van der Waals surface area contributed by atoms with Crippen molar-refractivity contribution >= 4 is 58.0 Å². The molecule has 126 valence electrons. The molecule has 0 aromatic heterocycles. The molecule has 1 heterocycles. The summed E-state index contributed by atoms with van der Waals surface area (Å²) in [6.07, 6.45) is 1.15. The van der Waals surface area contributed by atoms with Crippen LogP contribution in [-0.4, -0.2) is 24.1 Å². The number of aliphatic imine (C=N–C) groups is 1. The van der Waals surface area contributed by atoms with Gasteiger partial charge in [0.15, 0.2) is 5.92 Å². The number of nitrogens with one attached hydrogen (secondary N) is 1. The fraction of sp³-hybridized carbons (Fsp3) is 0.0588. The van der Waals surface area contributed by atoms with Crippen LogP contribution in [0.25, 0.3) is 0 Å². The van der Waals surface area contributed by atoms with Gasteiger partial charge in [0.1, 0.15) is 5.82 Å². The van der Waals surface area contributed by atoms with Crippen LogP contribution in [0, 0.1) is 15.3 Å². The number of hydrogen-bond acceptors (Lipinski definition) is 4. The lowest BCUT2D eigenvalue weighted by atomic mass is 10.1. The van der Waals surface area contributed by atoms with Gasteiger partial charge < -0.3 is 0 Å². The summed E-state index contributed by atoms with van der Waals surface area (Å²) in [7, 11) is 0. The van der Waals surface area contributed by atoms with Crippen molar-refractivity contribution < 1.29 is 18.8 Å². The number of barbiturate groups is 1. The summed E-state index contributed by atoms with van der Waals surface area (Å²) >= 11 is 2.10. The van der Waals surface area contributed by atoms with E-state index >= 15 is 0 Å². The second-order valence-corrected chi connectivity index (χ2v) is 6.42. The lowest BCUT2D eigenvalue weighted by Gasteiger charge is -2.28. The molecule has 1 N–H and O–H groups in total. The van der Waals surface area contributed by atoms with Crippen LogP contribution in [0.3, 0.4) is 0 Å². The molecule has 8 heteroatoms. The summed E-state index contributed by atoms with van der Waals surface area (Å²) < 4.78 is 13.8. The molecule has 0 saturated carbocycles. The molecule has 0 spiro atoms. The van der Waals surface area contributed by atoms with Crippen molar-refractivity contribution in [3.63, 3.8) is 0 Å². The number of carbonyl (C=O) groups is 3. The first-order valence-corrected chi connectivity index (χ1v) is 8.28. The van der Waals surface area contributed by atoms with Crippen molar-refractivity contribution in [1.82, 2.24) is 5.32 Å². The van der Waals surface area contributed by atoms with E-state index in [4.69, 9.17) is 0 Å². The number of benzene rings is 2. The fourth-order valence-corrected chi connectivity index (χ4v) is 2.60. The molecule has 2 aromatic rings. The highest BCUT2D eigenvalue weighted by atomic mass is 127. The summed E-state index contributed by atoms with van der Waals surface area (Å²) in [5.41, 5.74) is 0.746. The van der Waals surface area contributed by atoms with E-state index in [1.54, 1.807) is 24.3 Å². The van der Waals surface area contributed by atoms with Gasteiger partial charge >= 0.3 is 6.03 Å². The van der Waals surface area contributed by atoms with E-state index in [-0.39, 0.29) is 0 Å². The minimum Gasteiger partial charge on any atom is -0.276 e. The van der Waals surface area contributed by atoms with Crippen molar-refractivity contribution in [2.24, 2.45) is 10.9 Å². The number of carbonyl (C=O) groups excluding carboxylic acids is 3. The lowest BCUT2D eigenvalue weighted by molar-refractivity contribution is -0.131. The van der Waals surface area contributed by atoms with Gasteiger partial charge in [0.05, 0.1) is 11.4 Å². The number of rotatable bonds is 3. The Morgan fingerprint density at radius 2 is 1.68 bits per heavy atom. The maximum atomic E-state index is 12.9. The van der Waals surface area contributed by atoms with Gasteiger partial charge in [-0.15, -0.1) is 0 Å². The standard InChI is InChI=1S/C17H11FIN3O3/c18-10-1-5-12(6-2-10)20-9-14-15(23)21-17(25)22(16(14)24)13-7-3-11(19)4-8-13/h1-9,14H,(H,21,23,25)/t14-/m0/s1. The van der Waals surface area contributed by atoms with Crippen molar-refractivity contribution in [3.8, 4) is 0 Å². The van der Waals surface area contributed by atoms with Crippen LogP contribution in [-0.2, 0) is 9.59 Å². The van der Waals surface area contributed by atoms with E-state index < -0.39 is 29.6 Å². The summed E-state index contributed by atoms with van der Waals surface area (Å²) in [6.45, 7) is 0. The molecular weight excluding hydrogens is 440 g/mol.